The van der Waals surface area contributed by atoms with Gasteiger partial charge in [0.25, 0.3) is 5.91 Å². The lowest BCUT2D eigenvalue weighted by molar-refractivity contribution is -0.138. The second-order valence-corrected chi connectivity index (χ2v) is 7.41. The lowest BCUT2D eigenvalue weighted by Gasteiger charge is -2.39. The zero-order valence-corrected chi connectivity index (χ0v) is 17.3. The van der Waals surface area contributed by atoms with Crippen LogP contribution in [0.4, 0.5) is 0 Å². The van der Waals surface area contributed by atoms with E-state index in [1.165, 1.54) is 4.90 Å². The SMILES string of the molecule is CCCCC1C(=O)N(C)CCN1C(=O)c1cc2ccc(OCCC)cc2oc1=O. The lowest BCUT2D eigenvalue weighted by atomic mass is 10.0. The molecule has 1 fully saturated rings. The Kier molecular flexibility index (Phi) is 6.56. The molecule has 156 valence electrons. The van der Waals surface area contributed by atoms with Crippen molar-refractivity contribution in [2.24, 2.45) is 0 Å². The summed E-state index contributed by atoms with van der Waals surface area (Å²) in [5.41, 5.74) is -0.369. The van der Waals surface area contributed by atoms with E-state index in [-0.39, 0.29) is 11.5 Å². The Hall–Kier alpha value is -2.83. The number of hydrogen-bond donors (Lipinski definition) is 0. The summed E-state index contributed by atoms with van der Waals surface area (Å²) in [7, 11) is 1.74. The Labute approximate surface area is 170 Å². The fourth-order valence-electron chi connectivity index (χ4n) is 3.54. The molecule has 0 radical (unpaired) electrons. The Morgan fingerprint density at radius 3 is 2.69 bits per heavy atom. The molecule has 1 aromatic heterocycles. The highest BCUT2D eigenvalue weighted by atomic mass is 16.5. The average molecular weight is 400 g/mol. The standard InChI is InChI=1S/C22H28N2O5/c1-4-6-7-18-21(26)23(3)10-11-24(18)20(25)17-13-15-8-9-16(28-12-5-2)14-19(15)29-22(17)27/h8-9,13-14,18H,4-7,10-12H2,1-3H3. The number of nitrogens with zero attached hydrogens (tertiary/aromatic N) is 2. The smallest absolute Gasteiger partial charge is 0.349 e. The number of carbonyl (C=O) groups is 2. The van der Waals surface area contributed by atoms with Gasteiger partial charge in [0, 0.05) is 31.6 Å². The maximum Gasteiger partial charge on any atom is 0.349 e. The quantitative estimate of drug-likeness (QED) is 0.668. The topological polar surface area (TPSA) is 80.1 Å². The van der Waals surface area contributed by atoms with Gasteiger partial charge < -0.3 is 19.0 Å². The predicted octanol–water partition coefficient (Wildman–Crippen LogP) is 3.05. The molecule has 0 saturated carbocycles. The van der Waals surface area contributed by atoms with Crippen LogP contribution in [0.1, 0.15) is 49.9 Å². The van der Waals surface area contributed by atoms with Crippen LogP contribution in [-0.2, 0) is 4.79 Å². The van der Waals surface area contributed by atoms with E-state index in [2.05, 4.69) is 0 Å². The van der Waals surface area contributed by atoms with Gasteiger partial charge in [-0.1, -0.05) is 26.7 Å². The highest BCUT2D eigenvalue weighted by Gasteiger charge is 2.36. The number of fused-ring (bicyclic) bond motifs is 1. The van der Waals surface area contributed by atoms with E-state index >= 15 is 0 Å². The number of rotatable bonds is 7. The number of carbonyl (C=O) groups excluding carboxylic acids is 2. The molecule has 29 heavy (non-hydrogen) atoms. The van der Waals surface area contributed by atoms with Crippen molar-refractivity contribution in [3.8, 4) is 5.75 Å². The Morgan fingerprint density at radius 2 is 1.97 bits per heavy atom. The minimum absolute atomic E-state index is 0.0430. The third kappa shape index (κ3) is 4.44. The molecule has 1 unspecified atom stereocenters. The Balaban J connectivity index is 1.91. The summed E-state index contributed by atoms with van der Waals surface area (Å²) in [5, 5.41) is 0.641. The second kappa shape index (κ2) is 9.11. The minimum atomic E-state index is -0.698. The van der Waals surface area contributed by atoms with Crippen molar-refractivity contribution in [3.05, 3.63) is 40.2 Å². The first-order valence-corrected chi connectivity index (χ1v) is 10.2. The van der Waals surface area contributed by atoms with Gasteiger partial charge in [-0.15, -0.1) is 0 Å². The first kappa shape index (κ1) is 20.9. The number of hydrogen-bond acceptors (Lipinski definition) is 5. The van der Waals surface area contributed by atoms with Gasteiger partial charge in [-0.2, -0.15) is 0 Å². The number of likely N-dealkylation sites (N-methyl/N-ethyl adjacent to an activating group) is 1. The summed E-state index contributed by atoms with van der Waals surface area (Å²) in [6.45, 7) is 5.47. The van der Waals surface area contributed by atoms with Crippen molar-refractivity contribution in [2.75, 3.05) is 26.7 Å². The van der Waals surface area contributed by atoms with Crippen LogP contribution in [0, 0.1) is 0 Å². The second-order valence-electron chi connectivity index (χ2n) is 7.41. The fraction of sp³-hybridized carbons (Fsp3) is 0.500. The van der Waals surface area contributed by atoms with Crippen LogP contribution in [0.25, 0.3) is 11.0 Å². The Bertz CT molecular complexity index is 952. The molecule has 1 atom stereocenters. The molecule has 1 aromatic carbocycles. The van der Waals surface area contributed by atoms with Crippen molar-refractivity contribution in [2.45, 2.75) is 45.6 Å². The van der Waals surface area contributed by atoms with Crippen LogP contribution in [0.2, 0.25) is 0 Å². The first-order chi connectivity index (χ1) is 14.0. The zero-order chi connectivity index (χ0) is 21.0. The zero-order valence-electron chi connectivity index (χ0n) is 17.3. The molecule has 0 N–H and O–H groups in total. The van der Waals surface area contributed by atoms with E-state index in [0.29, 0.717) is 42.8 Å². The van der Waals surface area contributed by atoms with Crippen LogP contribution < -0.4 is 10.4 Å². The molecule has 1 aliphatic heterocycles. The van der Waals surface area contributed by atoms with Crippen molar-refractivity contribution >= 4 is 22.8 Å². The number of piperazine rings is 1. The summed E-state index contributed by atoms with van der Waals surface area (Å²) < 4.78 is 11.0. The predicted molar refractivity (Wildman–Crippen MR) is 110 cm³/mol. The monoisotopic (exact) mass is 400 g/mol. The molecule has 3 rings (SSSR count). The van der Waals surface area contributed by atoms with Crippen LogP contribution in [-0.4, -0.2) is 54.4 Å². The summed E-state index contributed by atoms with van der Waals surface area (Å²) in [6, 6.07) is 6.22. The van der Waals surface area contributed by atoms with Gasteiger partial charge in [-0.05, 0) is 31.0 Å². The van der Waals surface area contributed by atoms with Gasteiger partial charge in [0.1, 0.15) is 22.9 Å². The van der Waals surface area contributed by atoms with E-state index in [9.17, 15) is 14.4 Å². The van der Waals surface area contributed by atoms with Crippen LogP contribution in [0.5, 0.6) is 5.75 Å². The van der Waals surface area contributed by atoms with Crippen LogP contribution in [0.15, 0.2) is 33.5 Å². The number of ether oxygens (including phenoxy) is 1. The van der Waals surface area contributed by atoms with E-state index in [1.54, 1.807) is 36.2 Å². The van der Waals surface area contributed by atoms with Gasteiger partial charge in [0.2, 0.25) is 5.91 Å². The molecule has 0 spiro atoms. The number of benzene rings is 1. The summed E-state index contributed by atoms with van der Waals surface area (Å²) in [6.07, 6.45) is 3.22. The van der Waals surface area contributed by atoms with Crippen LogP contribution in [0.3, 0.4) is 0 Å². The molecule has 2 aromatic rings. The Morgan fingerprint density at radius 1 is 1.17 bits per heavy atom. The highest BCUT2D eigenvalue weighted by Crippen LogP contribution is 2.23. The molecule has 1 saturated heterocycles. The summed E-state index contributed by atoms with van der Waals surface area (Å²) in [5.74, 6) is 0.0846. The molecular weight excluding hydrogens is 372 g/mol. The number of amides is 2. The third-order valence-corrected chi connectivity index (χ3v) is 5.22. The number of unbranched alkanes of at least 4 members (excludes halogenated alkanes) is 1. The minimum Gasteiger partial charge on any atom is -0.493 e. The molecule has 2 amide bonds. The van der Waals surface area contributed by atoms with Crippen molar-refractivity contribution < 1.29 is 18.7 Å². The van der Waals surface area contributed by atoms with Crippen molar-refractivity contribution in [1.29, 1.82) is 0 Å². The largest absolute Gasteiger partial charge is 0.493 e. The van der Waals surface area contributed by atoms with Crippen molar-refractivity contribution in [3.63, 3.8) is 0 Å². The molecule has 7 heteroatoms. The third-order valence-electron chi connectivity index (χ3n) is 5.22. The van der Waals surface area contributed by atoms with Gasteiger partial charge in [-0.25, -0.2) is 4.79 Å². The lowest BCUT2D eigenvalue weighted by Crippen LogP contribution is -2.58. The van der Waals surface area contributed by atoms with Crippen LogP contribution >= 0.6 is 0 Å². The molecular formula is C22H28N2O5. The summed E-state index contributed by atoms with van der Waals surface area (Å²) in [4.78, 5) is 41.5. The van der Waals surface area contributed by atoms with Gasteiger partial charge in [-0.3, -0.25) is 9.59 Å². The fourth-order valence-corrected chi connectivity index (χ4v) is 3.54. The van der Waals surface area contributed by atoms with E-state index < -0.39 is 17.6 Å². The normalized spacial score (nSPS) is 17.1. The molecule has 7 nitrogen and oxygen atoms in total. The first-order valence-electron chi connectivity index (χ1n) is 10.2. The van der Waals surface area contributed by atoms with E-state index in [0.717, 1.165) is 19.3 Å². The molecule has 1 aliphatic rings. The van der Waals surface area contributed by atoms with Crippen molar-refractivity contribution in [1.82, 2.24) is 9.80 Å². The highest BCUT2D eigenvalue weighted by molar-refractivity contribution is 5.99. The average Bonchev–Trinajstić information content (AvgIpc) is 2.72. The van der Waals surface area contributed by atoms with E-state index in [1.807, 2.05) is 13.8 Å². The maximum atomic E-state index is 13.2. The van der Waals surface area contributed by atoms with Gasteiger partial charge in [0.15, 0.2) is 0 Å². The maximum absolute atomic E-state index is 13.2. The molecule has 0 aliphatic carbocycles. The molecule has 2 heterocycles. The molecule has 0 bridgehead atoms. The van der Waals surface area contributed by atoms with E-state index in [4.69, 9.17) is 9.15 Å². The summed E-state index contributed by atoms with van der Waals surface area (Å²) >= 11 is 0. The van der Waals surface area contributed by atoms with Gasteiger partial charge in [0.05, 0.1) is 6.61 Å². The van der Waals surface area contributed by atoms with Gasteiger partial charge >= 0.3 is 5.63 Å².